The molecule has 1 aliphatic heterocycles. The Hall–Kier alpha value is -2.65. The van der Waals surface area contributed by atoms with E-state index in [1.54, 1.807) is 28.8 Å². The summed E-state index contributed by atoms with van der Waals surface area (Å²) in [6.07, 6.45) is 1.71. The number of fused-ring (bicyclic) bond motifs is 2. The second-order valence-corrected chi connectivity index (χ2v) is 12.0. The highest BCUT2D eigenvalue weighted by Crippen LogP contribution is 2.31. The molecule has 1 atom stereocenters. The summed E-state index contributed by atoms with van der Waals surface area (Å²) < 4.78 is 30.9. The first-order chi connectivity index (χ1) is 16.8. The van der Waals surface area contributed by atoms with Crippen molar-refractivity contribution < 1.29 is 8.42 Å². The number of para-hydroxylation sites is 1. The Labute approximate surface area is 213 Å². The Balaban J connectivity index is 1.27. The topological polar surface area (TPSA) is 71.4 Å². The van der Waals surface area contributed by atoms with Gasteiger partial charge >= 0.3 is 4.87 Å². The van der Waals surface area contributed by atoms with E-state index in [-0.39, 0.29) is 9.77 Å². The van der Waals surface area contributed by atoms with Gasteiger partial charge in [-0.25, -0.2) is 13.1 Å². The number of aromatic nitrogens is 1. The SMILES string of the molecule is C[C@H]1Cc2ccccc2N1CCCNS(=O)(=O)c1ccc2c(c1)sc(=O)n2Cc1ccccc1Cl. The van der Waals surface area contributed by atoms with E-state index in [4.69, 9.17) is 11.6 Å². The van der Waals surface area contributed by atoms with E-state index < -0.39 is 10.0 Å². The molecule has 0 saturated carbocycles. The lowest BCUT2D eigenvalue weighted by Crippen LogP contribution is -2.33. The Morgan fingerprint density at radius 1 is 1.09 bits per heavy atom. The van der Waals surface area contributed by atoms with Crippen molar-refractivity contribution in [2.75, 3.05) is 18.0 Å². The summed E-state index contributed by atoms with van der Waals surface area (Å²) in [7, 11) is -3.68. The van der Waals surface area contributed by atoms with Crippen LogP contribution in [0.25, 0.3) is 10.2 Å². The van der Waals surface area contributed by atoms with Crippen LogP contribution in [-0.4, -0.2) is 32.1 Å². The fourth-order valence-electron chi connectivity index (χ4n) is 4.67. The maximum atomic E-state index is 12.9. The first kappa shape index (κ1) is 24.1. The molecule has 0 amide bonds. The Kier molecular flexibility index (Phi) is 6.72. The molecule has 182 valence electrons. The molecule has 2 heterocycles. The van der Waals surface area contributed by atoms with Gasteiger partial charge in [-0.3, -0.25) is 9.36 Å². The van der Waals surface area contributed by atoms with Crippen molar-refractivity contribution in [1.82, 2.24) is 9.29 Å². The zero-order valence-electron chi connectivity index (χ0n) is 19.3. The highest BCUT2D eigenvalue weighted by Gasteiger charge is 2.25. The van der Waals surface area contributed by atoms with Crippen LogP contribution in [0.2, 0.25) is 5.02 Å². The van der Waals surface area contributed by atoms with E-state index in [2.05, 4.69) is 34.7 Å². The number of sulfonamides is 1. The standard InChI is InChI=1S/C26H26ClN3O3S2/c1-18-15-19-7-3-5-10-23(19)29(18)14-6-13-28-35(32,33)21-11-12-24-25(16-21)34-26(31)30(24)17-20-8-2-4-9-22(20)27/h2-5,7-12,16,18,28H,6,13-15,17H2,1H3/t18-/m0/s1. The van der Waals surface area contributed by atoms with Crippen LogP contribution >= 0.6 is 22.9 Å². The lowest BCUT2D eigenvalue weighted by molar-refractivity contribution is 0.576. The van der Waals surface area contributed by atoms with Gasteiger partial charge in [-0.1, -0.05) is 59.3 Å². The third-order valence-corrected chi connectivity index (χ3v) is 9.22. The summed E-state index contributed by atoms with van der Waals surface area (Å²) in [5.74, 6) is 0. The molecule has 1 N–H and O–H groups in total. The van der Waals surface area contributed by atoms with E-state index in [9.17, 15) is 13.2 Å². The first-order valence-electron chi connectivity index (χ1n) is 11.5. The number of benzene rings is 3. The van der Waals surface area contributed by atoms with Gasteiger partial charge in [-0.2, -0.15) is 0 Å². The Morgan fingerprint density at radius 2 is 1.86 bits per heavy atom. The van der Waals surface area contributed by atoms with Gasteiger partial charge in [0.15, 0.2) is 0 Å². The zero-order chi connectivity index (χ0) is 24.6. The molecule has 4 aromatic rings. The smallest absolute Gasteiger partial charge is 0.308 e. The normalized spacial score (nSPS) is 15.6. The van der Waals surface area contributed by atoms with Gasteiger partial charge in [0, 0.05) is 29.8 Å². The minimum atomic E-state index is -3.68. The van der Waals surface area contributed by atoms with Crippen LogP contribution in [0.15, 0.2) is 76.4 Å². The number of hydrogen-bond acceptors (Lipinski definition) is 5. The summed E-state index contributed by atoms with van der Waals surface area (Å²) in [5.41, 5.74) is 4.11. The van der Waals surface area contributed by atoms with Crippen molar-refractivity contribution in [3.8, 4) is 0 Å². The van der Waals surface area contributed by atoms with E-state index in [1.807, 2.05) is 24.3 Å². The maximum absolute atomic E-state index is 12.9. The molecule has 0 aliphatic carbocycles. The molecule has 1 aliphatic rings. The third kappa shape index (κ3) is 4.89. The second-order valence-electron chi connectivity index (χ2n) is 8.80. The number of nitrogens with zero attached hydrogens (tertiary/aromatic N) is 2. The molecule has 35 heavy (non-hydrogen) atoms. The number of hydrogen-bond donors (Lipinski definition) is 1. The molecule has 1 aromatic heterocycles. The molecule has 0 radical (unpaired) electrons. The second kappa shape index (κ2) is 9.78. The van der Waals surface area contributed by atoms with Crippen LogP contribution in [0, 0.1) is 0 Å². The van der Waals surface area contributed by atoms with Crippen molar-refractivity contribution in [2.24, 2.45) is 0 Å². The number of halogens is 1. The van der Waals surface area contributed by atoms with Crippen LogP contribution in [-0.2, 0) is 23.0 Å². The molecular weight excluding hydrogens is 502 g/mol. The quantitative estimate of drug-likeness (QED) is 0.331. The van der Waals surface area contributed by atoms with Gasteiger partial charge in [-0.05, 0) is 61.2 Å². The Bertz CT molecular complexity index is 1540. The molecule has 0 bridgehead atoms. The van der Waals surface area contributed by atoms with Gasteiger partial charge < -0.3 is 4.90 Å². The number of thiazole rings is 1. The summed E-state index contributed by atoms with van der Waals surface area (Å²) in [5, 5.41) is 0.592. The van der Waals surface area contributed by atoms with E-state index in [1.165, 1.54) is 11.3 Å². The minimum absolute atomic E-state index is 0.151. The van der Waals surface area contributed by atoms with Crippen molar-refractivity contribution in [2.45, 2.75) is 37.2 Å². The summed E-state index contributed by atoms with van der Waals surface area (Å²) >= 11 is 7.30. The highest BCUT2D eigenvalue weighted by molar-refractivity contribution is 7.89. The van der Waals surface area contributed by atoms with Crippen LogP contribution in [0.5, 0.6) is 0 Å². The molecule has 0 fully saturated rings. The number of rotatable bonds is 8. The molecule has 6 nitrogen and oxygen atoms in total. The monoisotopic (exact) mass is 527 g/mol. The zero-order valence-corrected chi connectivity index (χ0v) is 21.7. The Morgan fingerprint density at radius 3 is 2.69 bits per heavy atom. The largest absolute Gasteiger partial charge is 0.368 e. The first-order valence-corrected chi connectivity index (χ1v) is 14.2. The summed E-state index contributed by atoms with van der Waals surface area (Å²) in [6.45, 7) is 3.66. The molecule has 9 heteroatoms. The van der Waals surface area contributed by atoms with Gasteiger partial charge in [0.1, 0.15) is 0 Å². The molecule has 0 unspecified atom stereocenters. The summed E-state index contributed by atoms with van der Waals surface area (Å²) in [4.78, 5) is 15.0. The van der Waals surface area contributed by atoms with Crippen molar-refractivity contribution >= 4 is 48.9 Å². The molecular formula is C26H26ClN3O3S2. The van der Waals surface area contributed by atoms with Gasteiger partial charge in [0.05, 0.1) is 21.7 Å². The lowest BCUT2D eigenvalue weighted by Gasteiger charge is -2.24. The predicted molar refractivity (Wildman–Crippen MR) is 143 cm³/mol. The predicted octanol–water partition coefficient (Wildman–Crippen LogP) is 4.88. The van der Waals surface area contributed by atoms with Crippen LogP contribution in [0.3, 0.4) is 0 Å². The lowest BCUT2D eigenvalue weighted by atomic mass is 10.1. The number of anilines is 1. The van der Waals surface area contributed by atoms with Gasteiger partial charge in [-0.15, -0.1) is 0 Å². The van der Waals surface area contributed by atoms with Crippen LogP contribution < -0.4 is 14.5 Å². The van der Waals surface area contributed by atoms with Crippen molar-refractivity contribution in [1.29, 1.82) is 0 Å². The van der Waals surface area contributed by atoms with Gasteiger partial charge in [0.2, 0.25) is 10.0 Å². The van der Waals surface area contributed by atoms with Crippen molar-refractivity contribution in [3.63, 3.8) is 0 Å². The van der Waals surface area contributed by atoms with E-state index in [0.717, 1.165) is 29.9 Å². The highest BCUT2D eigenvalue weighted by atomic mass is 35.5. The van der Waals surface area contributed by atoms with Gasteiger partial charge in [0.25, 0.3) is 0 Å². The van der Waals surface area contributed by atoms with Crippen LogP contribution in [0.1, 0.15) is 24.5 Å². The fourth-order valence-corrected chi connectivity index (χ4v) is 6.97. The molecule has 3 aromatic carbocycles. The van der Waals surface area contributed by atoms with Crippen LogP contribution in [0.4, 0.5) is 5.69 Å². The van der Waals surface area contributed by atoms with E-state index in [0.29, 0.717) is 40.8 Å². The maximum Gasteiger partial charge on any atom is 0.308 e. The molecule has 0 saturated heterocycles. The number of nitrogens with one attached hydrogen (secondary N) is 1. The fraction of sp³-hybridized carbons (Fsp3) is 0.269. The molecule has 5 rings (SSSR count). The minimum Gasteiger partial charge on any atom is -0.368 e. The van der Waals surface area contributed by atoms with Crippen molar-refractivity contribution in [3.05, 3.63) is 92.5 Å². The van der Waals surface area contributed by atoms with E-state index >= 15 is 0 Å². The average Bonchev–Trinajstić information content (AvgIpc) is 3.33. The molecule has 0 spiro atoms. The third-order valence-electron chi connectivity index (χ3n) is 6.45. The average molecular weight is 528 g/mol. The summed E-state index contributed by atoms with van der Waals surface area (Å²) in [6, 6.07) is 21.0.